The summed E-state index contributed by atoms with van der Waals surface area (Å²) in [7, 11) is 0. The van der Waals surface area contributed by atoms with Crippen LogP contribution in [0.15, 0.2) is 54.6 Å². The lowest BCUT2D eigenvalue weighted by molar-refractivity contribution is 0.104. The highest BCUT2D eigenvalue weighted by molar-refractivity contribution is 6.09. The van der Waals surface area contributed by atoms with E-state index >= 15 is 0 Å². The lowest BCUT2D eigenvalue weighted by Gasteiger charge is -2.14. The first-order valence-electron chi connectivity index (χ1n) is 6.68. The van der Waals surface area contributed by atoms with Crippen molar-refractivity contribution in [3.05, 3.63) is 71.3 Å². The zero-order valence-corrected chi connectivity index (χ0v) is 11.3. The number of rotatable bonds is 3. The number of carbonyl (C=O) groups excluding carboxylic acids is 1. The van der Waals surface area contributed by atoms with Gasteiger partial charge in [-0.2, -0.15) is 0 Å². The summed E-state index contributed by atoms with van der Waals surface area (Å²) in [6, 6.07) is 12.8. The van der Waals surface area contributed by atoms with Crippen molar-refractivity contribution in [3.8, 4) is 11.5 Å². The van der Waals surface area contributed by atoms with Crippen molar-refractivity contribution in [2.24, 2.45) is 0 Å². The molecule has 1 aliphatic rings. The van der Waals surface area contributed by atoms with Gasteiger partial charge < -0.3 is 9.84 Å². The van der Waals surface area contributed by atoms with E-state index in [0.717, 1.165) is 5.56 Å². The second kappa shape index (κ2) is 5.67. The Kier molecular flexibility index (Phi) is 3.56. The lowest BCUT2D eigenvalue weighted by Crippen LogP contribution is -2.03. The van der Waals surface area contributed by atoms with Crippen molar-refractivity contribution >= 4 is 17.9 Å². The van der Waals surface area contributed by atoms with E-state index in [2.05, 4.69) is 0 Å². The molecule has 3 nitrogen and oxygen atoms in total. The fraction of sp³-hybridized carbons (Fsp3) is 0.0556. The van der Waals surface area contributed by atoms with Crippen LogP contribution in [0, 0.1) is 0 Å². The molecule has 0 fully saturated rings. The van der Waals surface area contributed by atoms with Gasteiger partial charge in [0.1, 0.15) is 18.1 Å². The Hall–Kier alpha value is -2.81. The van der Waals surface area contributed by atoms with Crippen LogP contribution in [-0.2, 0) is 0 Å². The number of phenolic OH excluding ortho intramolecular Hbond substituents is 1. The first kappa shape index (κ1) is 13.2. The van der Waals surface area contributed by atoms with Crippen molar-refractivity contribution < 1.29 is 14.6 Å². The third kappa shape index (κ3) is 2.72. The van der Waals surface area contributed by atoms with Crippen LogP contribution in [0.4, 0.5) is 0 Å². The molecule has 2 aromatic carbocycles. The monoisotopic (exact) mass is 278 g/mol. The highest BCUT2D eigenvalue weighted by Crippen LogP contribution is 2.34. The molecule has 0 spiro atoms. The van der Waals surface area contributed by atoms with E-state index in [9.17, 15) is 9.90 Å². The van der Waals surface area contributed by atoms with Gasteiger partial charge in [-0.3, -0.25) is 4.79 Å². The summed E-state index contributed by atoms with van der Waals surface area (Å²) in [6.45, 7) is 0.480. The number of hydrogen-bond donors (Lipinski definition) is 1. The van der Waals surface area contributed by atoms with E-state index in [0.29, 0.717) is 17.9 Å². The van der Waals surface area contributed by atoms with Crippen molar-refractivity contribution in [1.82, 2.24) is 0 Å². The maximum Gasteiger partial charge on any atom is 0.189 e. The van der Waals surface area contributed by atoms with Crippen LogP contribution < -0.4 is 4.74 Å². The van der Waals surface area contributed by atoms with E-state index in [-0.39, 0.29) is 17.1 Å². The molecule has 0 radical (unpaired) electrons. The van der Waals surface area contributed by atoms with E-state index in [1.807, 2.05) is 30.3 Å². The normalized spacial score (nSPS) is 13.0. The van der Waals surface area contributed by atoms with Crippen LogP contribution in [-0.4, -0.2) is 17.5 Å². The maximum absolute atomic E-state index is 12.2. The minimum Gasteiger partial charge on any atom is -0.506 e. The number of phenols is 1. The van der Waals surface area contributed by atoms with Crippen LogP contribution in [0.1, 0.15) is 21.5 Å². The molecule has 0 atom stereocenters. The smallest absolute Gasteiger partial charge is 0.189 e. The molecule has 2 aromatic rings. The minimum atomic E-state index is -0.238. The zero-order chi connectivity index (χ0) is 14.7. The van der Waals surface area contributed by atoms with E-state index in [1.165, 1.54) is 6.08 Å². The minimum absolute atomic E-state index is 0.0360. The van der Waals surface area contributed by atoms with Crippen LogP contribution in [0.2, 0.25) is 0 Å². The molecule has 0 unspecified atom stereocenters. The molecule has 21 heavy (non-hydrogen) atoms. The third-order valence-corrected chi connectivity index (χ3v) is 3.29. The molecular formula is C18H14O3. The summed E-state index contributed by atoms with van der Waals surface area (Å²) in [6.07, 6.45) is 6.76. The van der Waals surface area contributed by atoms with Gasteiger partial charge in [-0.15, -0.1) is 0 Å². The van der Waals surface area contributed by atoms with Crippen molar-refractivity contribution in [1.29, 1.82) is 0 Å². The molecule has 104 valence electrons. The Morgan fingerprint density at radius 1 is 1.14 bits per heavy atom. The Morgan fingerprint density at radius 2 is 1.95 bits per heavy atom. The van der Waals surface area contributed by atoms with Crippen molar-refractivity contribution in [2.45, 2.75) is 0 Å². The number of carbonyl (C=O) groups is 1. The Balaban J connectivity index is 1.89. The number of benzene rings is 2. The van der Waals surface area contributed by atoms with E-state index < -0.39 is 0 Å². The summed E-state index contributed by atoms with van der Waals surface area (Å²) >= 11 is 0. The molecule has 1 heterocycles. The van der Waals surface area contributed by atoms with Gasteiger partial charge in [0, 0.05) is 0 Å². The third-order valence-electron chi connectivity index (χ3n) is 3.29. The number of ketones is 1. The molecule has 0 bridgehead atoms. The van der Waals surface area contributed by atoms with Crippen LogP contribution >= 0.6 is 0 Å². The molecule has 1 N–H and O–H groups in total. The second-order valence-corrected chi connectivity index (χ2v) is 4.70. The predicted molar refractivity (Wildman–Crippen MR) is 82.4 cm³/mol. The molecular weight excluding hydrogens is 264 g/mol. The van der Waals surface area contributed by atoms with Crippen LogP contribution in [0.3, 0.4) is 0 Å². The molecule has 0 aliphatic carbocycles. The fourth-order valence-corrected chi connectivity index (χ4v) is 2.20. The Morgan fingerprint density at radius 3 is 2.76 bits per heavy atom. The van der Waals surface area contributed by atoms with Gasteiger partial charge in [0.15, 0.2) is 5.78 Å². The highest BCUT2D eigenvalue weighted by Gasteiger charge is 2.17. The Bertz CT molecular complexity index is 728. The molecule has 3 heteroatoms. The predicted octanol–water partition coefficient (Wildman–Crippen LogP) is 3.69. The van der Waals surface area contributed by atoms with Crippen molar-refractivity contribution in [2.75, 3.05) is 6.61 Å². The number of hydrogen-bond acceptors (Lipinski definition) is 3. The van der Waals surface area contributed by atoms with Gasteiger partial charge in [0.05, 0.1) is 11.1 Å². The summed E-state index contributed by atoms with van der Waals surface area (Å²) in [5.41, 5.74) is 1.77. The summed E-state index contributed by atoms with van der Waals surface area (Å²) < 4.78 is 5.39. The molecule has 0 saturated heterocycles. The summed E-state index contributed by atoms with van der Waals surface area (Å²) in [5, 5.41) is 10.2. The quantitative estimate of drug-likeness (QED) is 0.688. The standard InChI is InChI=1S/C18H14O3/c19-16(10-8-13-5-2-1-3-6-13)14-9-11-17-15(18(14)20)7-4-12-21-17/h1-11,20H,12H2/b10-8+. The first-order valence-corrected chi connectivity index (χ1v) is 6.68. The van der Waals surface area contributed by atoms with Crippen LogP contribution in [0.5, 0.6) is 11.5 Å². The van der Waals surface area contributed by atoms with Gasteiger partial charge in [-0.05, 0) is 35.9 Å². The Labute approximate surface area is 122 Å². The topological polar surface area (TPSA) is 46.5 Å². The highest BCUT2D eigenvalue weighted by atomic mass is 16.5. The number of aromatic hydroxyl groups is 1. The molecule has 1 aliphatic heterocycles. The van der Waals surface area contributed by atoms with Gasteiger partial charge in [-0.1, -0.05) is 36.4 Å². The summed E-state index contributed by atoms with van der Waals surface area (Å²) in [4.78, 5) is 12.2. The first-order chi connectivity index (χ1) is 10.3. The average Bonchev–Trinajstić information content (AvgIpc) is 2.54. The van der Waals surface area contributed by atoms with E-state index in [4.69, 9.17) is 4.74 Å². The molecule has 0 amide bonds. The molecule has 3 rings (SSSR count). The maximum atomic E-state index is 12.2. The second-order valence-electron chi connectivity index (χ2n) is 4.70. The fourth-order valence-electron chi connectivity index (χ4n) is 2.20. The molecule has 0 aromatic heterocycles. The largest absolute Gasteiger partial charge is 0.506 e. The molecule has 0 saturated carbocycles. The van der Waals surface area contributed by atoms with Gasteiger partial charge >= 0.3 is 0 Å². The SMILES string of the molecule is O=C(/C=C/c1ccccc1)c1ccc2c(c1O)C=CCO2. The lowest BCUT2D eigenvalue weighted by atomic mass is 10.0. The zero-order valence-electron chi connectivity index (χ0n) is 11.3. The van der Waals surface area contributed by atoms with Gasteiger partial charge in [0.2, 0.25) is 0 Å². The number of allylic oxidation sites excluding steroid dienone is 1. The van der Waals surface area contributed by atoms with E-state index in [1.54, 1.807) is 30.4 Å². The number of fused-ring (bicyclic) bond motifs is 1. The van der Waals surface area contributed by atoms with Crippen LogP contribution in [0.25, 0.3) is 12.2 Å². The summed E-state index contributed by atoms with van der Waals surface area (Å²) in [5.74, 6) is 0.322. The van der Waals surface area contributed by atoms with Gasteiger partial charge in [0.25, 0.3) is 0 Å². The average molecular weight is 278 g/mol. The van der Waals surface area contributed by atoms with Crippen molar-refractivity contribution in [3.63, 3.8) is 0 Å². The van der Waals surface area contributed by atoms with Gasteiger partial charge in [-0.25, -0.2) is 0 Å². The number of ether oxygens (including phenoxy) is 1.